The fourth-order valence-corrected chi connectivity index (χ4v) is 6.44. The van der Waals surface area contributed by atoms with Crippen LogP contribution in [0.5, 0.6) is 0 Å². The molecule has 5 nitrogen and oxygen atoms in total. The van der Waals surface area contributed by atoms with Crippen LogP contribution in [0.1, 0.15) is 37.8 Å². The lowest BCUT2D eigenvalue weighted by molar-refractivity contribution is 0.192. The monoisotopic (exact) mass is 350 g/mol. The standard InChI is InChI=1S/C13H22N2O3S3/c1-3-15-11-7-9(5-4-6-18-2)19-13-10(11)8-12(20-13)21(14,16)17/h8-9,11,15H,3-7H2,1-2H3,(H2,14,16,17). The minimum Gasteiger partial charge on any atom is -0.385 e. The normalized spacial score (nSPS) is 22.2. The summed E-state index contributed by atoms with van der Waals surface area (Å²) in [5.74, 6) is 0. The van der Waals surface area contributed by atoms with Crippen molar-refractivity contribution in [1.82, 2.24) is 5.32 Å². The summed E-state index contributed by atoms with van der Waals surface area (Å²) in [7, 11) is -1.90. The largest absolute Gasteiger partial charge is 0.385 e. The maximum Gasteiger partial charge on any atom is 0.247 e. The van der Waals surface area contributed by atoms with Gasteiger partial charge in [0.25, 0.3) is 0 Å². The van der Waals surface area contributed by atoms with E-state index in [4.69, 9.17) is 9.88 Å². The van der Waals surface area contributed by atoms with Crippen molar-refractivity contribution in [2.24, 2.45) is 5.14 Å². The highest BCUT2D eigenvalue weighted by atomic mass is 32.3. The second kappa shape index (κ2) is 7.43. The Bertz CT molecular complexity index is 571. The smallest absolute Gasteiger partial charge is 0.247 e. The van der Waals surface area contributed by atoms with Crippen molar-refractivity contribution in [3.8, 4) is 0 Å². The molecular weight excluding hydrogens is 328 g/mol. The second-order valence-corrected chi connectivity index (χ2v) is 9.48. The SMILES string of the molecule is CCNC1CC(CCCOC)Sc2sc(S(N)(=O)=O)cc21. The van der Waals surface area contributed by atoms with Crippen LogP contribution in [0.2, 0.25) is 0 Å². The van der Waals surface area contributed by atoms with Crippen molar-refractivity contribution >= 4 is 33.1 Å². The zero-order valence-electron chi connectivity index (χ0n) is 12.3. The fourth-order valence-electron chi connectivity index (χ4n) is 2.50. The van der Waals surface area contributed by atoms with Crippen LogP contribution in [-0.4, -0.2) is 33.9 Å². The number of hydrogen-bond donors (Lipinski definition) is 2. The van der Waals surface area contributed by atoms with Gasteiger partial charge in [0.2, 0.25) is 10.0 Å². The van der Waals surface area contributed by atoms with E-state index in [9.17, 15) is 8.42 Å². The number of sulfonamides is 1. The summed E-state index contributed by atoms with van der Waals surface area (Å²) in [6, 6.07) is 1.95. The maximum absolute atomic E-state index is 11.5. The lowest BCUT2D eigenvalue weighted by Crippen LogP contribution is -2.27. The predicted octanol–water partition coefficient (Wildman–Crippen LogP) is 2.34. The highest BCUT2D eigenvalue weighted by Gasteiger charge is 2.30. The molecule has 0 radical (unpaired) electrons. The molecule has 0 aromatic carbocycles. The van der Waals surface area contributed by atoms with Crippen molar-refractivity contribution in [2.75, 3.05) is 20.3 Å². The Morgan fingerprint density at radius 3 is 2.90 bits per heavy atom. The zero-order valence-corrected chi connectivity index (χ0v) is 14.7. The van der Waals surface area contributed by atoms with Crippen molar-refractivity contribution in [3.63, 3.8) is 0 Å². The molecule has 2 heterocycles. The Hall–Kier alpha value is -0.120. The lowest BCUT2D eigenvalue weighted by atomic mass is 10.0. The van der Waals surface area contributed by atoms with Crippen molar-refractivity contribution in [1.29, 1.82) is 0 Å². The second-order valence-electron chi connectivity index (χ2n) is 5.07. The third kappa shape index (κ3) is 4.43. The molecule has 1 aliphatic heterocycles. The van der Waals surface area contributed by atoms with Crippen LogP contribution in [0, 0.1) is 0 Å². The Morgan fingerprint density at radius 2 is 2.29 bits per heavy atom. The summed E-state index contributed by atoms with van der Waals surface area (Å²) in [6.45, 7) is 3.69. The predicted molar refractivity (Wildman–Crippen MR) is 87.5 cm³/mol. The number of primary sulfonamides is 1. The van der Waals surface area contributed by atoms with Gasteiger partial charge >= 0.3 is 0 Å². The van der Waals surface area contributed by atoms with E-state index in [1.165, 1.54) is 11.3 Å². The average Bonchev–Trinajstić information content (AvgIpc) is 2.83. The summed E-state index contributed by atoms with van der Waals surface area (Å²) in [5.41, 5.74) is 1.08. The molecule has 0 fully saturated rings. The first kappa shape index (κ1) is 17.2. The molecule has 0 amide bonds. The molecule has 0 spiro atoms. The molecule has 3 N–H and O–H groups in total. The van der Waals surface area contributed by atoms with Gasteiger partial charge in [0.1, 0.15) is 4.21 Å². The van der Waals surface area contributed by atoms with Crippen molar-refractivity contribution in [3.05, 3.63) is 11.6 Å². The van der Waals surface area contributed by atoms with E-state index in [-0.39, 0.29) is 10.3 Å². The van der Waals surface area contributed by atoms with Crippen molar-refractivity contribution < 1.29 is 13.2 Å². The fraction of sp³-hybridized carbons (Fsp3) is 0.692. The number of thioether (sulfide) groups is 1. The van der Waals surface area contributed by atoms with Crippen LogP contribution in [0.4, 0.5) is 0 Å². The maximum atomic E-state index is 11.5. The van der Waals surface area contributed by atoms with Crippen LogP contribution < -0.4 is 10.5 Å². The van der Waals surface area contributed by atoms with Gasteiger partial charge in [-0.15, -0.1) is 23.1 Å². The van der Waals surface area contributed by atoms with Crippen molar-refractivity contribution in [2.45, 2.75) is 45.9 Å². The van der Waals surface area contributed by atoms with E-state index in [1.807, 2.05) is 0 Å². The van der Waals surface area contributed by atoms with Crippen LogP contribution in [0.15, 0.2) is 14.5 Å². The molecule has 120 valence electrons. The van der Waals surface area contributed by atoms with Gasteiger partial charge in [-0.25, -0.2) is 13.6 Å². The van der Waals surface area contributed by atoms with Crippen LogP contribution in [0.3, 0.4) is 0 Å². The van der Waals surface area contributed by atoms with Crippen LogP contribution in [-0.2, 0) is 14.8 Å². The number of thiophene rings is 1. The summed E-state index contributed by atoms with van der Waals surface area (Å²) in [5, 5.41) is 9.20. The molecule has 2 unspecified atom stereocenters. The molecule has 0 saturated carbocycles. The average molecular weight is 351 g/mol. The highest BCUT2D eigenvalue weighted by Crippen LogP contribution is 2.47. The topological polar surface area (TPSA) is 81.4 Å². The number of rotatable bonds is 7. The summed E-state index contributed by atoms with van der Waals surface area (Å²) in [6.07, 6.45) is 3.11. The minimum atomic E-state index is -3.62. The van der Waals surface area contributed by atoms with Crippen LogP contribution >= 0.6 is 23.1 Å². The Labute approximate surface area is 134 Å². The van der Waals surface area contributed by atoms with Gasteiger partial charge in [-0.2, -0.15) is 0 Å². The quantitative estimate of drug-likeness (QED) is 0.738. The van der Waals surface area contributed by atoms with E-state index in [2.05, 4.69) is 12.2 Å². The molecular formula is C13H22N2O3S3. The molecule has 2 atom stereocenters. The Balaban J connectivity index is 2.19. The summed E-state index contributed by atoms with van der Waals surface area (Å²) >= 11 is 3.07. The molecule has 0 bridgehead atoms. The van der Waals surface area contributed by atoms with Crippen LogP contribution in [0.25, 0.3) is 0 Å². The highest BCUT2D eigenvalue weighted by molar-refractivity contribution is 8.02. The van der Waals surface area contributed by atoms with Gasteiger partial charge in [0.05, 0.1) is 4.21 Å². The molecule has 8 heteroatoms. The molecule has 21 heavy (non-hydrogen) atoms. The molecule has 0 aliphatic carbocycles. The third-order valence-electron chi connectivity index (χ3n) is 3.46. The molecule has 1 aliphatic rings. The lowest BCUT2D eigenvalue weighted by Gasteiger charge is -2.29. The van der Waals surface area contributed by atoms with E-state index in [0.717, 1.165) is 42.2 Å². The number of hydrogen-bond acceptors (Lipinski definition) is 6. The number of methoxy groups -OCH3 is 1. The van der Waals surface area contributed by atoms with E-state index >= 15 is 0 Å². The minimum absolute atomic E-state index is 0.213. The first-order chi connectivity index (χ1) is 9.95. The Kier molecular flexibility index (Phi) is 6.10. The van der Waals surface area contributed by atoms with Gasteiger partial charge in [-0.05, 0) is 37.4 Å². The Morgan fingerprint density at radius 1 is 1.52 bits per heavy atom. The first-order valence-electron chi connectivity index (χ1n) is 7.01. The first-order valence-corrected chi connectivity index (χ1v) is 10.3. The molecule has 1 aromatic rings. The zero-order chi connectivity index (χ0) is 15.5. The molecule has 2 rings (SSSR count). The number of fused-ring (bicyclic) bond motifs is 1. The van der Waals surface area contributed by atoms with E-state index in [1.54, 1.807) is 24.9 Å². The van der Waals surface area contributed by atoms with Gasteiger partial charge < -0.3 is 10.1 Å². The third-order valence-corrected chi connectivity index (χ3v) is 7.57. The number of ether oxygens (including phenoxy) is 1. The van der Waals surface area contributed by atoms with E-state index < -0.39 is 10.0 Å². The number of nitrogens with one attached hydrogen (secondary N) is 1. The van der Waals surface area contributed by atoms with E-state index in [0.29, 0.717) is 5.25 Å². The summed E-state index contributed by atoms with van der Waals surface area (Å²) < 4.78 is 29.6. The van der Waals surface area contributed by atoms with Gasteiger partial charge in [-0.3, -0.25) is 0 Å². The molecule has 0 saturated heterocycles. The van der Waals surface area contributed by atoms with Gasteiger partial charge in [0, 0.05) is 25.0 Å². The van der Waals surface area contributed by atoms with Gasteiger partial charge in [-0.1, -0.05) is 6.92 Å². The van der Waals surface area contributed by atoms with Gasteiger partial charge in [0.15, 0.2) is 0 Å². The summed E-state index contributed by atoms with van der Waals surface area (Å²) in [4.78, 5) is 0. The number of nitrogens with two attached hydrogens (primary N) is 1. The molecule has 1 aromatic heterocycles.